The molecular weight excluding hydrogens is 116 g/mol. The van der Waals surface area contributed by atoms with E-state index in [2.05, 4.69) is 0 Å². The maximum Gasteiger partial charge on any atom is 0.306 e. The number of cyclic esters (lactones) is 1. The van der Waals surface area contributed by atoms with E-state index in [1.807, 2.05) is 12.2 Å². The number of carbonyl (C=O) groups excluding carboxylic acids is 1. The van der Waals surface area contributed by atoms with Crippen LogP contribution in [0.5, 0.6) is 0 Å². The third-order valence-corrected chi connectivity index (χ3v) is 1.23. The molecule has 0 atom stereocenters. The molecule has 0 N–H and O–H groups in total. The van der Waals surface area contributed by atoms with E-state index in [-0.39, 0.29) is 5.97 Å². The second-order valence-corrected chi connectivity index (χ2v) is 2.02. The average Bonchev–Trinajstić information content (AvgIpc) is 1.79. The predicted octanol–water partition coefficient (Wildman–Crippen LogP) is 1.27. The second-order valence-electron chi connectivity index (χ2n) is 2.02. The second kappa shape index (κ2) is 3.28. The lowest BCUT2D eigenvalue weighted by atomic mass is 10.2. The molecule has 0 aromatic carbocycles. The van der Waals surface area contributed by atoms with Crippen LogP contribution in [-0.2, 0) is 9.53 Å². The molecule has 1 aliphatic rings. The van der Waals surface area contributed by atoms with Gasteiger partial charge in [0.2, 0.25) is 0 Å². The van der Waals surface area contributed by atoms with Gasteiger partial charge < -0.3 is 4.74 Å². The predicted molar refractivity (Wildman–Crippen MR) is 33.9 cm³/mol. The van der Waals surface area contributed by atoms with Crippen LogP contribution in [0.2, 0.25) is 0 Å². The summed E-state index contributed by atoms with van der Waals surface area (Å²) in [5.74, 6) is -0.0700. The Morgan fingerprint density at radius 1 is 1.33 bits per heavy atom. The minimum atomic E-state index is -0.0700. The highest BCUT2D eigenvalue weighted by atomic mass is 16.5. The van der Waals surface area contributed by atoms with E-state index in [1.54, 1.807) is 0 Å². The molecule has 0 fully saturated rings. The summed E-state index contributed by atoms with van der Waals surface area (Å²) in [6.07, 6.45) is 6.31. The number of allylic oxidation sites excluding steroid dienone is 1. The van der Waals surface area contributed by atoms with Gasteiger partial charge in [0, 0.05) is 6.42 Å². The summed E-state index contributed by atoms with van der Waals surface area (Å²) in [5, 5.41) is 0. The SMILES string of the molecule is O=C1CC/C=C\CCO1. The Hall–Kier alpha value is -0.790. The van der Waals surface area contributed by atoms with Gasteiger partial charge in [-0.3, -0.25) is 4.79 Å². The van der Waals surface area contributed by atoms with Crippen molar-refractivity contribution in [3.63, 3.8) is 0 Å². The van der Waals surface area contributed by atoms with Crippen LogP contribution in [0.25, 0.3) is 0 Å². The standard InChI is InChI=1S/C7H10O2/c8-7-5-3-1-2-4-6-9-7/h1-2H,3-6H2/b2-1-. The molecule has 0 aromatic rings. The first-order valence-electron chi connectivity index (χ1n) is 3.20. The van der Waals surface area contributed by atoms with Crippen molar-refractivity contribution < 1.29 is 9.53 Å². The molecule has 9 heavy (non-hydrogen) atoms. The van der Waals surface area contributed by atoms with Crippen molar-refractivity contribution in [2.24, 2.45) is 0 Å². The van der Waals surface area contributed by atoms with E-state index in [0.29, 0.717) is 13.0 Å². The summed E-state index contributed by atoms with van der Waals surface area (Å²) in [5.41, 5.74) is 0. The van der Waals surface area contributed by atoms with Crippen molar-refractivity contribution in [1.29, 1.82) is 0 Å². The Balaban J connectivity index is 2.35. The van der Waals surface area contributed by atoms with E-state index in [0.717, 1.165) is 12.8 Å². The molecule has 1 aliphatic heterocycles. The molecular formula is C7H10O2. The molecule has 0 aliphatic carbocycles. The summed E-state index contributed by atoms with van der Waals surface area (Å²) in [4.78, 5) is 10.6. The first kappa shape index (κ1) is 6.33. The molecule has 0 bridgehead atoms. The Morgan fingerprint density at radius 2 is 2.11 bits per heavy atom. The Kier molecular flexibility index (Phi) is 2.31. The molecule has 50 valence electrons. The summed E-state index contributed by atoms with van der Waals surface area (Å²) >= 11 is 0. The number of esters is 1. The molecule has 0 amide bonds. The Bertz CT molecular complexity index is 127. The summed E-state index contributed by atoms with van der Waals surface area (Å²) in [7, 11) is 0. The Morgan fingerprint density at radius 3 is 3.00 bits per heavy atom. The third-order valence-electron chi connectivity index (χ3n) is 1.23. The van der Waals surface area contributed by atoms with E-state index in [4.69, 9.17) is 4.74 Å². The van der Waals surface area contributed by atoms with E-state index < -0.39 is 0 Å². The lowest BCUT2D eigenvalue weighted by Gasteiger charge is -2.03. The third kappa shape index (κ3) is 2.31. The fourth-order valence-electron chi connectivity index (χ4n) is 0.750. The van der Waals surface area contributed by atoms with Gasteiger partial charge in [-0.2, -0.15) is 0 Å². The highest BCUT2D eigenvalue weighted by Crippen LogP contribution is 2.00. The lowest BCUT2D eigenvalue weighted by Crippen LogP contribution is -2.05. The van der Waals surface area contributed by atoms with Gasteiger partial charge in [-0.15, -0.1) is 0 Å². The number of hydrogen-bond acceptors (Lipinski definition) is 2. The van der Waals surface area contributed by atoms with Crippen LogP contribution in [0.4, 0.5) is 0 Å². The molecule has 1 rings (SSSR count). The zero-order valence-electron chi connectivity index (χ0n) is 5.30. The van der Waals surface area contributed by atoms with Crippen LogP contribution in [0.1, 0.15) is 19.3 Å². The normalized spacial score (nSPS) is 23.8. The van der Waals surface area contributed by atoms with E-state index >= 15 is 0 Å². The van der Waals surface area contributed by atoms with Crippen LogP contribution >= 0.6 is 0 Å². The van der Waals surface area contributed by atoms with E-state index in [9.17, 15) is 4.79 Å². The molecule has 1 heterocycles. The topological polar surface area (TPSA) is 26.3 Å². The van der Waals surface area contributed by atoms with Crippen LogP contribution in [0, 0.1) is 0 Å². The Labute approximate surface area is 54.5 Å². The average molecular weight is 126 g/mol. The van der Waals surface area contributed by atoms with Gasteiger partial charge in [-0.1, -0.05) is 12.2 Å². The molecule has 2 nitrogen and oxygen atoms in total. The van der Waals surface area contributed by atoms with Crippen LogP contribution in [-0.4, -0.2) is 12.6 Å². The minimum Gasteiger partial charge on any atom is -0.465 e. The minimum absolute atomic E-state index is 0.0700. The first-order chi connectivity index (χ1) is 4.39. The molecule has 0 saturated heterocycles. The molecule has 0 unspecified atom stereocenters. The van der Waals surface area contributed by atoms with Gasteiger partial charge >= 0.3 is 5.97 Å². The quantitative estimate of drug-likeness (QED) is 0.361. The molecule has 0 saturated carbocycles. The van der Waals surface area contributed by atoms with Crippen molar-refractivity contribution >= 4 is 5.97 Å². The maximum absolute atomic E-state index is 10.6. The monoisotopic (exact) mass is 126 g/mol. The van der Waals surface area contributed by atoms with Crippen LogP contribution in [0.3, 0.4) is 0 Å². The summed E-state index contributed by atoms with van der Waals surface area (Å²) < 4.78 is 4.79. The number of rotatable bonds is 0. The highest BCUT2D eigenvalue weighted by Gasteiger charge is 2.01. The fourth-order valence-corrected chi connectivity index (χ4v) is 0.750. The first-order valence-corrected chi connectivity index (χ1v) is 3.20. The zero-order valence-corrected chi connectivity index (χ0v) is 5.30. The van der Waals surface area contributed by atoms with Gasteiger partial charge in [0.05, 0.1) is 6.61 Å². The zero-order chi connectivity index (χ0) is 6.53. The van der Waals surface area contributed by atoms with Crippen LogP contribution in [0.15, 0.2) is 12.2 Å². The lowest BCUT2D eigenvalue weighted by molar-refractivity contribution is -0.143. The van der Waals surface area contributed by atoms with Gasteiger partial charge in [0.15, 0.2) is 0 Å². The molecule has 0 radical (unpaired) electrons. The molecule has 0 spiro atoms. The number of hydrogen-bond donors (Lipinski definition) is 0. The fraction of sp³-hybridized carbons (Fsp3) is 0.571. The van der Waals surface area contributed by atoms with Crippen molar-refractivity contribution in [2.45, 2.75) is 19.3 Å². The van der Waals surface area contributed by atoms with Crippen molar-refractivity contribution in [1.82, 2.24) is 0 Å². The van der Waals surface area contributed by atoms with Crippen molar-refractivity contribution in [3.05, 3.63) is 12.2 Å². The van der Waals surface area contributed by atoms with Crippen LogP contribution < -0.4 is 0 Å². The number of ether oxygens (including phenoxy) is 1. The molecule has 0 aromatic heterocycles. The smallest absolute Gasteiger partial charge is 0.306 e. The largest absolute Gasteiger partial charge is 0.465 e. The van der Waals surface area contributed by atoms with Crippen molar-refractivity contribution in [3.8, 4) is 0 Å². The van der Waals surface area contributed by atoms with Gasteiger partial charge in [0.25, 0.3) is 0 Å². The number of carbonyl (C=O) groups is 1. The maximum atomic E-state index is 10.6. The summed E-state index contributed by atoms with van der Waals surface area (Å²) in [6, 6.07) is 0. The van der Waals surface area contributed by atoms with Gasteiger partial charge in [-0.25, -0.2) is 0 Å². The molecule has 2 heteroatoms. The summed E-state index contributed by atoms with van der Waals surface area (Å²) in [6.45, 7) is 0.551. The highest BCUT2D eigenvalue weighted by molar-refractivity contribution is 5.69. The van der Waals surface area contributed by atoms with Crippen molar-refractivity contribution in [2.75, 3.05) is 6.61 Å². The van der Waals surface area contributed by atoms with E-state index in [1.165, 1.54) is 0 Å². The van der Waals surface area contributed by atoms with Gasteiger partial charge in [0.1, 0.15) is 0 Å². The van der Waals surface area contributed by atoms with Gasteiger partial charge in [-0.05, 0) is 12.8 Å².